The number of aryl methyl sites for hydroxylation is 1. The van der Waals surface area contributed by atoms with Crippen LogP contribution in [0.5, 0.6) is 11.5 Å². The molecule has 0 aromatic heterocycles. The highest BCUT2D eigenvalue weighted by molar-refractivity contribution is 5.52. The average Bonchev–Trinajstić information content (AvgIpc) is 2.92. The molecule has 0 aliphatic heterocycles. The number of hydrogen-bond donors (Lipinski definition) is 2. The highest BCUT2D eigenvalue weighted by Crippen LogP contribution is 2.47. The van der Waals surface area contributed by atoms with Gasteiger partial charge in [-0.3, -0.25) is 0 Å². The number of benzene rings is 1. The van der Waals surface area contributed by atoms with Crippen molar-refractivity contribution >= 4 is 0 Å². The van der Waals surface area contributed by atoms with E-state index in [9.17, 15) is 9.50 Å². The van der Waals surface area contributed by atoms with E-state index in [0.717, 1.165) is 12.8 Å². The molecule has 1 aliphatic carbocycles. The SMILES string of the molecule is COc1c(C)cc(C2(N)CC2)c(F)c1O. The fraction of sp³-hybridized carbons (Fsp3) is 0.455. The molecule has 1 aromatic carbocycles. The van der Waals surface area contributed by atoms with Gasteiger partial charge in [0.1, 0.15) is 0 Å². The topological polar surface area (TPSA) is 55.5 Å². The van der Waals surface area contributed by atoms with Crippen molar-refractivity contribution in [3.63, 3.8) is 0 Å². The molecular formula is C11H14FNO2. The van der Waals surface area contributed by atoms with Crippen LogP contribution in [0.4, 0.5) is 4.39 Å². The van der Waals surface area contributed by atoms with Gasteiger partial charge in [-0.2, -0.15) is 0 Å². The molecule has 82 valence electrons. The van der Waals surface area contributed by atoms with Crippen molar-refractivity contribution in [3.05, 3.63) is 23.0 Å². The first kappa shape index (κ1) is 10.2. The average molecular weight is 211 g/mol. The second kappa shape index (κ2) is 3.10. The number of ether oxygens (including phenoxy) is 1. The van der Waals surface area contributed by atoms with Crippen LogP contribution in [0.15, 0.2) is 6.07 Å². The van der Waals surface area contributed by atoms with Crippen LogP contribution in [0.3, 0.4) is 0 Å². The van der Waals surface area contributed by atoms with Gasteiger partial charge in [0.15, 0.2) is 17.3 Å². The maximum Gasteiger partial charge on any atom is 0.194 e. The quantitative estimate of drug-likeness (QED) is 0.784. The van der Waals surface area contributed by atoms with Crippen LogP contribution in [0.1, 0.15) is 24.0 Å². The first-order chi connectivity index (χ1) is 6.99. The molecule has 3 nitrogen and oxygen atoms in total. The van der Waals surface area contributed by atoms with Gasteiger partial charge in [-0.1, -0.05) is 0 Å². The Labute approximate surface area is 87.7 Å². The molecule has 0 spiro atoms. The molecule has 0 unspecified atom stereocenters. The van der Waals surface area contributed by atoms with Gasteiger partial charge in [0, 0.05) is 11.1 Å². The summed E-state index contributed by atoms with van der Waals surface area (Å²) >= 11 is 0. The molecule has 3 N–H and O–H groups in total. The minimum atomic E-state index is -0.655. The summed E-state index contributed by atoms with van der Waals surface area (Å²) in [4.78, 5) is 0. The molecule has 4 heteroatoms. The van der Waals surface area contributed by atoms with E-state index < -0.39 is 17.1 Å². The number of methoxy groups -OCH3 is 1. The van der Waals surface area contributed by atoms with E-state index in [0.29, 0.717) is 11.1 Å². The molecule has 0 saturated heterocycles. The predicted octanol–water partition coefficient (Wildman–Crippen LogP) is 1.80. The third-order valence-corrected chi connectivity index (χ3v) is 2.91. The summed E-state index contributed by atoms with van der Waals surface area (Å²) in [5.41, 5.74) is 6.41. The van der Waals surface area contributed by atoms with Crippen molar-refractivity contribution in [1.29, 1.82) is 0 Å². The zero-order chi connectivity index (χ0) is 11.2. The lowest BCUT2D eigenvalue weighted by Crippen LogP contribution is -2.20. The van der Waals surface area contributed by atoms with Crippen LogP contribution in [-0.2, 0) is 5.54 Å². The zero-order valence-corrected chi connectivity index (χ0v) is 8.80. The normalized spacial score (nSPS) is 17.6. The summed E-state index contributed by atoms with van der Waals surface area (Å²) in [6.07, 6.45) is 1.52. The van der Waals surface area contributed by atoms with E-state index in [1.165, 1.54) is 7.11 Å². The summed E-state index contributed by atoms with van der Waals surface area (Å²) in [6.45, 7) is 1.76. The second-order valence-electron chi connectivity index (χ2n) is 4.09. The third kappa shape index (κ3) is 1.45. The molecule has 15 heavy (non-hydrogen) atoms. The number of phenolic OH excluding ortho intramolecular Hbond substituents is 1. The van der Waals surface area contributed by atoms with Gasteiger partial charge in [0.25, 0.3) is 0 Å². The van der Waals surface area contributed by atoms with Crippen molar-refractivity contribution in [1.82, 2.24) is 0 Å². The molecule has 1 fully saturated rings. The highest BCUT2D eigenvalue weighted by Gasteiger charge is 2.43. The molecule has 0 radical (unpaired) electrons. The number of rotatable bonds is 2. The Kier molecular flexibility index (Phi) is 2.12. The molecule has 2 rings (SSSR count). The number of hydrogen-bond acceptors (Lipinski definition) is 3. The highest BCUT2D eigenvalue weighted by atomic mass is 19.1. The van der Waals surface area contributed by atoms with Crippen LogP contribution in [0.2, 0.25) is 0 Å². The molecule has 0 atom stereocenters. The summed E-state index contributed by atoms with van der Waals surface area (Å²) in [5.74, 6) is -0.915. The molecule has 0 heterocycles. The Bertz CT molecular complexity index is 414. The fourth-order valence-corrected chi connectivity index (χ4v) is 1.78. The van der Waals surface area contributed by atoms with Crippen LogP contribution in [0, 0.1) is 12.7 Å². The van der Waals surface area contributed by atoms with E-state index in [1.807, 2.05) is 0 Å². The van der Waals surface area contributed by atoms with Crippen LogP contribution >= 0.6 is 0 Å². The number of halogens is 1. The van der Waals surface area contributed by atoms with Gasteiger partial charge < -0.3 is 15.6 Å². The van der Waals surface area contributed by atoms with Crippen LogP contribution in [-0.4, -0.2) is 12.2 Å². The van der Waals surface area contributed by atoms with Crippen LogP contribution < -0.4 is 10.5 Å². The van der Waals surface area contributed by atoms with Crippen molar-refractivity contribution in [3.8, 4) is 11.5 Å². The predicted molar refractivity (Wildman–Crippen MR) is 54.5 cm³/mol. The first-order valence-corrected chi connectivity index (χ1v) is 4.85. The molecular weight excluding hydrogens is 197 g/mol. The Balaban J connectivity index is 2.59. The van der Waals surface area contributed by atoms with Gasteiger partial charge in [0.05, 0.1) is 7.11 Å². The number of nitrogens with two attached hydrogens (primary N) is 1. The standard InChI is InChI=1S/C11H14FNO2/c1-6-5-7(11(13)3-4-11)8(12)9(14)10(6)15-2/h5,14H,3-4,13H2,1-2H3. The summed E-state index contributed by atoms with van der Waals surface area (Å²) < 4.78 is 18.7. The fourth-order valence-electron chi connectivity index (χ4n) is 1.78. The molecule has 0 amide bonds. The van der Waals surface area contributed by atoms with Gasteiger partial charge in [-0.25, -0.2) is 4.39 Å². The Morgan fingerprint density at radius 1 is 1.53 bits per heavy atom. The van der Waals surface area contributed by atoms with Gasteiger partial charge in [-0.05, 0) is 31.4 Å². The lowest BCUT2D eigenvalue weighted by Gasteiger charge is -2.15. The van der Waals surface area contributed by atoms with Gasteiger partial charge >= 0.3 is 0 Å². The smallest absolute Gasteiger partial charge is 0.194 e. The molecule has 1 saturated carbocycles. The molecule has 1 aliphatic rings. The minimum absolute atomic E-state index is 0.181. The lowest BCUT2D eigenvalue weighted by atomic mass is 10.0. The van der Waals surface area contributed by atoms with E-state index in [-0.39, 0.29) is 5.75 Å². The lowest BCUT2D eigenvalue weighted by molar-refractivity contribution is 0.351. The van der Waals surface area contributed by atoms with E-state index in [2.05, 4.69) is 0 Å². The van der Waals surface area contributed by atoms with Crippen molar-refractivity contribution in [2.24, 2.45) is 5.73 Å². The Morgan fingerprint density at radius 2 is 2.13 bits per heavy atom. The van der Waals surface area contributed by atoms with Crippen molar-refractivity contribution in [2.45, 2.75) is 25.3 Å². The zero-order valence-electron chi connectivity index (χ0n) is 8.80. The van der Waals surface area contributed by atoms with Crippen molar-refractivity contribution in [2.75, 3.05) is 7.11 Å². The summed E-state index contributed by atoms with van der Waals surface area (Å²) in [6, 6.07) is 1.65. The largest absolute Gasteiger partial charge is 0.502 e. The van der Waals surface area contributed by atoms with E-state index >= 15 is 0 Å². The van der Waals surface area contributed by atoms with Crippen LogP contribution in [0.25, 0.3) is 0 Å². The third-order valence-electron chi connectivity index (χ3n) is 2.91. The number of aromatic hydroxyl groups is 1. The van der Waals surface area contributed by atoms with E-state index in [4.69, 9.17) is 10.5 Å². The van der Waals surface area contributed by atoms with Gasteiger partial charge in [-0.15, -0.1) is 0 Å². The van der Waals surface area contributed by atoms with Crippen molar-refractivity contribution < 1.29 is 14.2 Å². The summed E-state index contributed by atoms with van der Waals surface area (Å²) in [7, 11) is 1.40. The Hall–Kier alpha value is -1.29. The summed E-state index contributed by atoms with van der Waals surface area (Å²) in [5, 5.41) is 9.59. The van der Waals surface area contributed by atoms with E-state index in [1.54, 1.807) is 13.0 Å². The maximum absolute atomic E-state index is 13.8. The first-order valence-electron chi connectivity index (χ1n) is 4.85. The minimum Gasteiger partial charge on any atom is -0.502 e. The molecule has 1 aromatic rings. The maximum atomic E-state index is 13.8. The van der Waals surface area contributed by atoms with Gasteiger partial charge in [0.2, 0.25) is 0 Å². The second-order valence-corrected chi connectivity index (χ2v) is 4.09. The number of phenols is 1. The Morgan fingerprint density at radius 3 is 2.60 bits per heavy atom. The monoisotopic (exact) mass is 211 g/mol. The molecule has 0 bridgehead atoms.